The van der Waals surface area contributed by atoms with E-state index in [0.29, 0.717) is 11.8 Å². The molecular formula is C12H20O. The van der Waals surface area contributed by atoms with Gasteiger partial charge in [0.25, 0.3) is 0 Å². The minimum Gasteiger partial charge on any atom is -0.389 e. The van der Waals surface area contributed by atoms with Crippen LogP contribution >= 0.6 is 0 Å². The topological polar surface area (TPSA) is 20.2 Å². The van der Waals surface area contributed by atoms with Crippen molar-refractivity contribution < 1.29 is 5.11 Å². The average Bonchev–Trinajstić information content (AvgIpc) is 2.60. The molecule has 0 spiro atoms. The molecule has 1 N–H and O–H groups in total. The molecule has 3 saturated carbocycles. The molecule has 1 heteroatoms. The van der Waals surface area contributed by atoms with Gasteiger partial charge in [0.05, 0.1) is 5.60 Å². The lowest BCUT2D eigenvalue weighted by atomic mass is 9.94. The third-order valence-corrected chi connectivity index (χ3v) is 4.78. The van der Waals surface area contributed by atoms with Gasteiger partial charge >= 0.3 is 0 Å². The van der Waals surface area contributed by atoms with E-state index in [1.165, 1.54) is 44.9 Å². The molecule has 0 aromatic heterocycles. The van der Waals surface area contributed by atoms with Crippen molar-refractivity contribution in [1.82, 2.24) is 0 Å². The Balaban J connectivity index is 1.60. The lowest BCUT2D eigenvalue weighted by molar-refractivity contribution is 0.0786. The van der Waals surface area contributed by atoms with E-state index in [-0.39, 0.29) is 5.60 Å². The zero-order valence-electron chi connectivity index (χ0n) is 8.34. The van der Waals surface area contributed by atoms with Crippen LogP contribution in [0.15, 0.2) is 0 Å². The van der Waals surface area contributed by atoms with Crippen LogP contribution in [0.2, 0.25) is 0 Å². The van der Waals surface area contributed by atoms with Crippen LogP contribution in [0.5, 0.6) is 0 Å². The van der Waals surface area contributed by atoms with Crippen molar-refractivity contribution in [1.29, 1.82) is 0 Å². The van der Waals surface area contributed by atoms with Gasteiger partial charge in [0.15, 0.2) is 0 Å². The summed E-state index contributed by atoms with van der Waals surface area (Å²) in [6, 6.07) is 0. The van der Waals surface area contributed by atoms with Crippen molar-refractivity contribution in [3.8, 4) is 0 Å². The van der Waals surface area contributed by atoms with Gasteiger partial charge in [-0.25, -0.2) is 0 Å². The van der Waals surface area contributed by atoms with Gasteiger partial charge in [0.1, 0.15) is 0 Å². The second kappa shape index (κ2) is 2.73. The molecule has 0 amide bonds. The maximum Gasteiger partial charge on any atom is 0.0713 e. The first-order chi connectivity index (χ1) is 6.31. The van der Waals surface area contributed by atoms with Crippen molar-refractivity contribution in [2.45, 2.75) is 57.0 Å². The Labute approximate surface area is 80.5 Å². The normalized spacial score (nSPS) is 49.6. The Bertz CT molecular complexity index is 195. The predicted octanol–water partition coefficient (Wildman–Crippen LogP) is 2.73. The van der Waals surface area contributed by atoms with Crippen LogP contribution in [-0.2, 0) is 0 Å². The Morgan fingerprint density at radius 1 is 0.923 bits per heavy atom. The molecule has 3 fully saturated rings. The summed E-state index contributed by atoms with van der Waals surface area (Å²) >= 11 is 0. The van der Waals surface area contributed by atoms with Gasteiger partial charge in [-0.2, -0.15) is 0 Å². The van der Waals surface area contributed by atoms with E-state index in [4.69, 9.17) is 0 Å². The maximum absolute atomic E-state index is 10.4. The molecule has 3 rings (SSSR count). The molecule has 0 aromatic carbocycles. The zero-order chi connectivity index (χ0) is 8.89. The van der Waals surface area contributed by atoms with Crippen LogP contribution in [0.25, 0.3) is 0 Å². The standard InChI is InChI=1S/C12H20O/c13-12(8-9-4-1-2-5-9)10-6-3-7-11(10)12/h9-11,13H,1-8H2. The average molecular weight is 180 g/mol. The van der Waals surface area contributed by atoms with E-state index >= 15 is 0 Å². The van der Waals surface area contributed by atoms with Crippen molar-refractivity contribution >= 4 is 0 Å². The summed E-state index contributed by atoms with van der Waals surface area (Å²) in [5.74, 6) is 2.30. The van der Waals surface area contributed by atoms with E-state index < -0.39 is 0 Å². The second-order valence-corrected chi connectivity index (χ2v) is 5.49. The number of hydrogen-bond acceptors (Lipinski definition) is 1. The molecule has 2 atom stereocenters. The predicted molar refractivity (Wildman–Crippen MR) is 52.4 cm³/mol. The van der Waals surface area contributed by atoms with Crippen molar-refractivity contribution in [2.75, 3.05) is 0 Å². The van der Waals surface area contributed by atoms with Crippen molar-refractivity contribution in [2.24, 2.45) is 17.8 Å². The highest BCUT2D eigenvalue weighted by molar-refractivity contribution is 5.15. The highest BCUT2D eigenvalue weighted by Crippen LogP contribution is 2.63. The molecule has 74 valence electrons. The zero-order valence-corrected chi connectivity index (χ0v) is 8.34. The van der Waals surface area contributed by atoms with E-state index in [9.17, 15) is 5.11 Å². The van der Waals surface area contributed by atoms with Gasteiger partial charge < -0.3 is 5.11 Å². The molecule has 1 nitrogen and oxygen atoms in total. The van der Waals surface area contributed by atoms with Gasteiger partial charge in [-0.3, -0.25) is 0 Å². The first-order valence-electron chi connectivity index (χ1n) is 6.03. The summed E-state index contributed by atoms with van der Waals surface area (Å²) in [6.07, 6.45) is 10.8. The van der Waals surface area contributed by atoms with Gasteiger partial charge in [0, 0.05) is 0 Å². The highest BCUT2D eigenvalue weighted by Gasteiger charge is 2.65. The van der Waals surface area contributed by atoms with Crippen molar-refractivity contribution in [3.63, 3.8) is 0 Å². The van der Waals surface area contributed by atoms with Crippen molar-refractivity contribution in [3.05, 3.63) is 0 Å². The van der Waals surface area contributed by atoms with Crippen LogP contribution in [-0.4, -0.2) is 10.7 Å². The lowest BCUT2D eigenvalue weighted by Crippen LogP contribution is -2.19. The fraction of sp³-hybridized carbons (Fsp3) is 1.00. The van der Waals surface area contributed by atoms with Crippen LogP contribution in [0.4, 0.5) is 0 Å². The summed E-state index contributed by atoms with van der Waals surface area (Å²) in [6.45, 7) is 0. The van der Waals surface area contributed by atoms with E-state index in [2.05, 4.69) is 0 Å². The number of fused-ring (bicyclic) bond motifs is 1. The molecule has 13 heavy (non-hydrogen) atoms. The minimum atomic E-state index is -0.173. The maximum atomic E-state index is 10.4. The molecule has 2 unspecified atom stereocenters. The van der Waals surface area contributed by atoms with Gasteiger partial charge in [0.2, 0.25) is 0 Å². The molecule has 0 saturated heterocycles. The van der Waals surface area contributed by atoms with Crippen LogP contribution in [0.1, 0.15) is 51.4 Å². The first-order valence-corrected chi connectivity index (χ1v) is 6.03. The van der Waals surface area contributed by atoms with Crippen LogP contribution in [0, 0.1) is 17.8 Å². The molecule has 0 aliphatic heterocycles. The monoisotopic (exact) mass is 180 g/mol. The molecule has 0 bridgehead atoms. The molecule has 3 aliphatic rings. The molecule has 0 heterocycles. The summed E-state index contributed by atoms with van der Waals surface area (Å²) in [4.78, 5) is 0. The van der Waals surface area contributed by atoms with E-state index in [0.717, 1.165) is 12.3 Å². The molecule has 0 aromatic rings. The van der Waals surface area contributed by atoms with Crippen LogP contribution < -0.4 is 0 Å². The Kier molecular flexibility index (Phi) is 1.74. The van der Waals surface area contributed by atoms with Crippen LogP contribution in [0.3, 0.4) is 0 Å². The lowest BCUT2D eigenvalue weighted by Gasteiger charge is -2.18. The fourth-order valence-corrected chi connectivity index (χ4v) is 4.03. The van der Waals surface area contributed by atoms with Gasteiger partial charge in [-0.1, -0.05) is 32.1 Å². The summed E-state index contributed by atoms with van der Waals surface area (Å²) < 4.78 is 0. The summed E-state index contributed by atoms with van der Waals surface area (Å²) in [7, 11) is 0. The number of aliphatic hydroxyl groups is 1. The third-order valence-electron chi connectivity index (χ3n) is 4.78. The SMILES string of the molecule is OC1(CC2CCCC2)C2CCCC21. The second-order valence-electron chi connectivity index (χ2n) is 5.49. The largest absolute Gasteiger partial charge is 0.389 e. The highest BCUT2D eigenvalue weighted by atomic mass is 16.3. The Morgan fingerprint density at radius 3 is 2.15 bits per heavy atom. The Morgan fingerprint density at radius 2 is 1.54 bits per heavy atom. The third kappa shape index (κ3) is 1.16. The quantitative estimate of drug-likeness (QED) is 0.692. The fourth-order valence-electron chi connectivity index (χ4n) is 4.03. The van der Waals surface area contributed by atoms with E-state index in [1.807, 2.05) is 0 Å². The minimum absolute atomic E-state index is 0.173. The van der Waals surface area contributed by atoms with Gasteiger partial charge in [-0.05, 0) is 37.0 Å². The number of rotatable bonds is 2. The smallest absolute Gasteiger partial charge is 0.0713 e. The molecule has 3 aliphatic carbocycles. The van der Waals surface area contributed by atoms with E-state index in [1.54, 1.807) is 0 Å². The molecular weight excluding hydrogens is 160 g/mol. The number of hydrogen-bond donors (Lipinski definition) is 1. The molecule has 0 radical (unpaired) electrons. The first kappa shape index (κ1) is 8.28. The summed E-state index contributed by atoms with van der Waals surface area (Å²) in [5.41, 5.74) is -0.173. The summed E-state index contributed by atoms with van der Waals surface area (Å²) in [5, 5.41) is 10.4. The van der Waals surface area contributed by atoms with Gasteiger partial charge in [-0.15, -0.1) is 0 Å². The Hall–Kier alpha value is -0.0400.